The molecular weight excluding hydrogens is 795 g/mol. The van der Waals surface area contributed by atoms with Gasteiger partial charge in [-0.25, -0.2) is 4.98 Å². The number of carbonyl (C=O) groups excluding carboxylic acids is 2. The minimum atomic E-state index is -0.823. The van der Waals surface area contributed by atoms with Crippen molar-refractivity contribution >= 4 is 34.2 Å². The van der Waals surface area contributed by atoms with E-state index < -0.39 is 18.1 Å². The normalized spacial score (nSPS) is 18.2. The molecule has 15 nitrogen and oxygen atoms in total. The van der Waals surface area contributed by atoms with E-state index in [4.69, 9.17) is 9.26 Å². The number of para-hydroxylation sites is 1. The molecule has 320 valence electrons. The van der Waals surface area contributed by atoms with Crippen molar-refractivity contribution in [3.63, 3.8) is 0 Å². The van der Waals surface area contributed by atoms with Gasteiger partial charge in [-0.3, -0.25) is 9.59 Å². The summed E-state index contributed by atoms with van der Waals surface area (Å²) < 4.78 is 11.6. The number of aryl methyl sites for hydroxylation is 1. The van der Waals surface area contributed by atoms with Crippen LogP contribution in [0.5, 0.6) is 11.6 Å². The van der Waals surface area contributed by atoms with Gasteiger partial charge >= 0.3 is 0 Å². The highest BCUT2D eigenvalue weighted by molar-refractivity contribution is 7.13. The number of fused-ring (bicyclic) bond motifs is 1. The minimum Gasteiger partial charge on any atom is -0.507 e. The molecule has 0 spiro atoms. The van der Waals surface area contributed by atoms with Crippen LogP contribution >= 0.6 is 11.3 Å². The summed E-state index contributed by atoms with van der Waals surface area (Å²) in [7, 11) is 2.05. The van der Waals surface area contributed by atoms with Crippen molar-refractivity contribution in [3.05, 3.63) is 95.0 Å². The molecule has 4 atom stereocenters. The Morgan fingerprint density at radius 1 is 1.05 bits per heavy atom. The first-order valence-corrected chi connectivity index (χ1v) is 21.7. The van der Waals surface area contributed by atoms with Gasteiger partial charge in [-0.05, 0) is 67.4 Å². The average Bonchev–Trinajstić information content (AvgIpc) is 4.04. The number of likely N-dealkylation sites (tertiary alicyclic amines) is 2. The van der Waals surface area contributed by atoms with Gasteiger partial charge in [-0.2, -0.15) is 0 Å². The Hall–Kier alpha value is -5.68. The third-order valence-corrected chi connectivity index (χ3v) is 12.9. The van der Waals surface area contributed by atoms with Crippen LogP contribution in [0.4, 0.5) is 0 Å². The molecule has 6 aromatic rings. The first kappa shape index (κ1) is 42.0. The Kier molecular flexibility index (Phi) is 12.5. The second kappa shape index (κ2) is 18.1. The molecule has 2 amide bonds. The van der Waals surface area contributed by atoms with Crippen LogP contribution in [0.2, 0.25) is 0 Å². The van der Waals surface area contributed by atoms with Crippen molar-refractivity contribution in [2.75, 3.05) is 52.9 Å². The van der Waals surface area contributed by atoms with Crippen LogP contribution in [-0.2, 0) is 9.59 Å². The first-order chi connectivity index (χ1) is 29.4. The number of nitrogens with zero attached hydrogens (tertiary/aromatic N) is 7. The highest BCUT2D eigenvalue weighted by atomic mass is 32.1. The van der Waals surface area contributed by atoms with Gasteiger partial charge < -0.3 is 44.5 Å². The molecule has 4 N–H and O–H groups in total. The summed E-state index contributed by atoms with van der Waals surface area (Å²) in [4.78, 5) is 42.8. The third-order valence-electron chi connectivity index (χ3n) is 11.9. The maximum atomic E-state index is 14.1. The number of phenolic OH excluding ortho intramolecular Hbond substituents is 1. The minimum absolute atomic E-state index is 0.0558. The summed E-state index contributed by atoms with van der Waals surface area (Å²) in [6.07, 6.45) is -0.668. The lowest BCUT2D eigenvalue weighted by atomic mass is 9.91. The zero-order valence-corrected chi connectivity index (χ0v) is 35.9. The molecule has 0 unspecified atom stereocenters. The molecule has 2 saturated heterocycles. The number of phenols is 1. The molecule has 61 heavy (non-hydrogen) atoms. The quantitative estimate of drug-likeness (QED) is 0.0928. The summed E-state index contributed by atoms with van der Waals surface area (Å²) in [6, 6.07) is 19.8. The number of H-pyrrole nitrogens is 1. The molecule has 0 radical (unpaired) electrons. The van der Waals surface area contributed by atoms with E-state index in [0.29, 0.717) is 42.0 Å². The predicted molar refractivity (Wildman–Crippen MR) is 232 cm³/mol. The lowest BCUT2D eigenvalue weighted by Gasteiger charge is -2.39. The number of nitrogens with one attached hydrogen (secondary N) is 2. The van der Waals surface area contributed by atoms with Crippen molar-refractivity contribution < 1.29 is 29.1 Å². The molecule has 0 saturated carbocycles. The molecule has 0 aliphatic carbocycles. The van der Waals surface area contributed by atoms with E-state index in [1.54, 1.807) is 29.5 Å². The Morgan fingerprint density at radius 3 is 2.57 bits per heavy atom. The van der Waals surface area contributed by atoms with E-state index >= 15 is 0 Å². The van der Waals surface area contributed by atoms with Crippen molar-refractivity contribution in [3.8, 4) is 33.3 Å². The second-order valence-electron chi connectivity index (χ2n) is 16.7. The summed E-state index contributed by atoms with van der Waals surface area (Å²) in [5, 5.41) is 37.7. The summed E-state index contributed by atoms with van der Waals surface area (Å²) in [5.41, 5.74) is 7.99. The fourth-order valence-corrected chi connectivity index (χ4v) is 9.09. The number of hydrogen-bond donors (Lipinski definition) is 4. The number of ether oxygens (including phenoxy) is 1. The van der Waals surface area contributed by atoms with Crippen LogP contribution in [-0.4, -0.2) is 127 Å². The molecule has 2 aliphatic heterocycles. The van der Waals surface area contributed by atoms with Crippen LogP contribution in [0, 0.1) is 12.8 Å². The number of β-amino-alcohol motifs (C(OH)–C–C–N with tert-alkyl or cyclic N) is 1. The van der Waals surface area contributed by atoms with Gasteiger partial charge in [0.15, 0.2) is 11.4 Å². The van der Waals surface area contributed by atoms with E-state index in [2.05, 4.69) is 53.6 Å². The Morgan fingerprint density at radius 2 is 1.84 bits per heavy atom. The molecule has 2 fully saturated rings. The van der Waals surface area contributed by atoms with Gasteiger partial charge in [-0.1, -0.05) is 50.2 Å². The van der Waals surface area contributed by atoms with Crippen LogP contribution in [0.3, 0.4) is 0 Å². The Balaban J connectivity index is 0.790. The number of rotatable bonds is 16. The number of amides is 2. The number of benzene rings is 2. The highest BCUT2D eigenvalue weighted by Crippen LogP contribution is 2.34. The number of aromatic amines is 1. The van der Waals surface area contributed by atoms with Gasteiger partial charge in [-0.15, -0.1) is 21.5 Å². The fraction of sp³-hybridized carbons (Fsp3) is 0.422. The predicted octanol–water partition coefficient (Wildman–Crippen LogP) is 5.74. The molecule has 16 heteroatoms. The van der Waals surface area contributed by atoms with Crippen LogP contribution < -0.4 is 10.1 Å². The van der Waals surface area contributed by atoms with E-state index in [1.807, 2.05) is 75.7 Å². The maximum Gasteiger partial charge on any atom is 0.254 e. The van der Waals surface area contributed by atoms with Crippen molar-refractivity contribution in [2.24, 2.45) is 5.92 Å². The van der Waals surface area contributed by atoms with Crippen molar-refractivity contribution in [2.45, 2.75) is 64.1 Å². The van der Waals surface area contributed by atoms with Gasteiger partial charge in [0.2, 0.25) is 11.8 Å². The number of carbonyl (C=O) groups is 2. The number of aliphatic hydroxyl groups is 1. The topological polar surface area (TPSA) is 186 Å². The van der Waals surface area contributed by atoms with E-state index in [9.17, 15) is 19.8 Å². The van der Waals surface area contributed by atoms with Gasteiger partial charge in [0.05, 0.1) is 33.9 Å². The smallest absolute Gasteiger partial charge is 0.254 e. The number of aromatic hydroxyl groups is 1. The molecule has 0 bridgehead atoms. The third kappa shape index (κ3) is 9.32. The van der Waals surface area contributed by atoms with Gasteiger partial charge in [0.25, 0.3) is 5.88 Å². The maximum absolute atomic E-state index is 14.1. The molecule has 2 aromatic carbocycles. The zero-order chi connectivity index (χ0) is 42.8. The molecule has 2 aliphatic rings. The first-order valence-electron chi connectivity index (χ1n) is 20.9. The van der Waals surface area contributed by atoms with E-state index in [-0.39, 0.29) is 42.5 Å². The molecule has 4 aromatic heterocycles. The van der Waals surface area contributed by atoms with E-state index in [0.717, 1.165) is 64.6 Å². The van der Waals surface area contributed by atoms with E-state index in [1.165, 1.54) is 4.90 Å². The number of thiazole rings is 1. The largest absolute Gasteiger partial charge is 0.507 e. The highest BCUT2D eigenvalue weighted by Gasteiger charge is 2.43. The number of hydrogen-bond acceptors (Lipinski definition) is 13. The molecule has 8 rings (SSSR count). The lowest BCUT2D eigenvalue weighted by Crippen LogP contribution is -2.48. The van der Waals surface area contributed by atoms with Crippen molar-refractivity contribution in [1.29, 1.82) is 0 Å². The SMILES string of the molecule is Cc1ncsc1-c1ccc([C@H](C)NC(=O)[C@@H]2C[C@@H](O)CN2C(=O)[C@@H](c2cc(OCCN(C)CCN3CC(c4cc5cc(-c6ccccc6O)nnc5[nH]4)C3)no2)C(C)C)cc1. The van der Waals surface area contributed by atoms with Crippen LogP contribution in [0.1, 0.15) is 67.8 Å². The summed E-state index contributed by atoms with van der Waals surface area (Å²) in [5.74, 6) is -0.275. The summed E-state index contributed by atoms with van der Waals surface area (Å²) >= 11 is 1.59. The zero-order valence-electron chi connectivity index (χ0n) is 35.1. The van der Waals surface area contributed by atoms with Crippen LogP contribution in [0.25, 0.3) is 32.7 Å². The molecule has 6 heterocycles. The number of aromatic nitrogens is 5. The number of aliphatic hydroxyl groups excluding tert-OH is 1. The molecular formula is C45H53N9O6S. The number of likely N-dealkylation sites (N-methyl/N-ethyl adjacent to an activating group) is 1. The monoisotopic (exact) mass is 847 g/mol. The summed E-state index contributed by atoms with van der Waals surface area (Å²) in [6.45, 7) is 12.5. The standard InChI is InChI=1S/C45H53N9O6S/c1-26(2)41(45(58)54-24-33(55)20-37(54)44(57)47-27(3)29-10-12-30(13-11-29)42-28(4)46-25-61-42)39-21-40(51-60-39)59-17-16-52(5)14-15-53-22-32(23-53)35-18-31-19-36(49-50-43(31)48-35)34-8-6-7-9-38(34)56/h6-13,18-19,21,25-27,32-33,37,41,55-56H,14-17,20,22-24H2,1-5H3,(H,47,57)(H,48,50)/t27-,33+,37-,41+/m0/s1. The fourth-order valence-electron chi connectivity index (χ4n) is 8.28. The lowest BCUT2D eigenvalue weighted by molar-refractivity contribution is -0.141. The average molecular weight is 848 g/mol. The van der Waals surface area contributed by atoms with Gasteiger partial charge in [0.1, 0.15) is 24.3 Å². The van der Waals surface area contributed by atoms with Crippen LogP contribution in [0.15, 0.2) is 76.8 Å². The van der Waals surface area contributed by atoms with Gasteiger partial charge in [0, 0.05) is 74.3 Å². The second-order valence-corrected chi connectivity index (χ2v) is 17.5. The Labute approximate surface area is 358 Å². The Bertz CT molecular complexity index is 2460. The van der Waals surface area contributed by atoms with Crippen molar-refractivity contribution in [1.82, 2.24) is 45.3 Å².